The molecule has 0 unspecified atom stereocenters. The lowest BCUT2D eigenvalue weighted by Crippen LogP contribution is -2.14. The highest BCUT2D eigenvalue weighted by Gasteiger charge is 2.33. The molecule has 0 radical (unpaired) electrons. The number of ether oxygens (including phenoxy) is 3. The van der Waals surface area contributed by atoms with Crippen molar-refractivity contribution in [3.05, 3.63) is 88.0 Å². The molecule has 0 bridgehead atoms. The van der Waals surface area contributed by atoms with E-state index in [2.05, 4.69) is 23.2 Å². The Bertz CT molecular complexity index is 1450. The number of esters is 1. The molecule has 0 atom stereocenters. The van der Waals surface area contributed by atoms with Crippen molar-refractivity contribution in [2.75, 3.05) is 13.2 Å². The van der Waals surface area contributed by atoms with Gasteiger partial charge >= 0.3 is 5.97 Å². The summed E-state index contributed by atoms with van der Waals surface area (Å²) in [5, 5.41) is 13.2. The Labute approximate surface area is 225 Å². The van der Waals surface area contributed by atoms with Gasteiger partial charge in [0.25, 0.3) is 0 Å². The van der Waals surface area contributed by atoms with Crippen LogP contribution in [0.15, 0.2) is 81.9 Å². The van der Waals surface area contributed by atoms with Crippen molar-refractivity contribution in [2.45, 2.75) is 33.8 Å². The molecule has 0 saturated heterocycles. The predicted octanol–water partition coefficient (Wildman–Crippen LogP) is 6.62. The first kappa shape index (κ1) is 27.0. The number of aliphatic imine (C=N–C) groups is 1. The van der Waals surface area contributed by atoms with Gasteiger partial charge in [-0.2, -0.15) is 0 Å². The zero-order valence-electron chi connectivity index (χ0n) is 21.5. The number of aliphatic hydroxyl groups excluding tert-OH is 1. The van der Waals surface area contributed by atoms with E-state index in [1.165, 1.54) is 0 Å². The van der Waals surface area contributed by atoms with Crippen molar-refractivity contribution in [3.63, 3.8) is 0 Å². The van der Waals surface area contributed by atoms with Gasteiger partial charge < -0.3 is 19.3 Å². The number of rotatable bonds is 9. The quantitative estimate of drug-likeness (QED) is 0.310. The Morgan fingerprint density at radius 2 is 1.74 bits per heavy atom. The lowest BCUT2D eigenvalue weighted by molar-refractivity contribution is -0.138. The van der Waals surface area contributed by atoms with E-state index >= 15 is 0 Å². The highest BCUT2D eigenvalue weighted by atomic mass is 32.2. The van der Waals surface area contributed by atoms with Crippen molar-refractivity contribution in [3.8, 4) is 11.5 Å². The van der Waals surface area contributed by atoms with Gasteiger partial charge in [-0.3, -0.25) is 4.79 Å². The first-order valence-electron chi connectivity index (χ1n) is 12.4. The second-order valence-electron chi connectivity index (χ2n) is 8.29. The summed E-state index contributed by atoms with van der Waals surface area (Å²) >= 11 is 1.04. The summed E-state index contributed by atoms with van der Waals surface area (Å²) in [6.07, 6.45) is 1.88. The fourth-order valence-electron chi connectivity index (χ4n) is 3.91. The Kier molecular flexibility index (Phi) is 8.86. The van der Waals surface area contributed by atoms with Crippen LogP contribution in [-0.4, -0.2) is 35.2 Å². The van der Waals surface area contributed by atoms with Crippen LogP contribution in [-0.2, 0) is 20.9 Å². The average molecular weight is 532 g/mol. The Hall–Kier alpha value is -4.04. The van der Waals surface area contributed by atoms with E-state index in [0.29, 0.717) is 35.2 Å². The molecule has 8 heteroatoms. The van der Waals surface area contributed by atoms with E-state index in [9.17, 15) is 14.7 Å². The van der Waals surface area contributed by atoms with Gasteiger partial charge in [0, 0.05) is 6.42 Å². The number of benzene rings is 3. The summed E-state index contributed by atoms with van der Waals surface area (Å²) in [6, 6.07) is 19.7. The van der Waals surface area contributed by atoms with Gasteiger partial charge in [-0.15, -0.1) is 0 Å². The average Bonchev–Trinajstić information content (AvgIpc) is 3.22. The summed E-state index contributed by atoms with van der Waals surface area (Å²) in [7, 11) is 0. The third kappa shape index (κ3) is 6.08. The minimum atomic E-state index is -0.726. The van der Waals surface area contributed by atoms with E-state index in [1.54, 1.807) is 26.0 Å². The van der Waals surface area contributed by atoms with E-state index in [4.69, 9.17) is 14.2 Å². The summed E-state index contributed by atoms with van der Waals surface area (Å²) in [4.78, 5) is 28.8. The van der Waals surface area contributed by atoms with Crippen LogP contribution in [0.3, 0.4) is 0 Å². The third-order valence-electron chi connectivity index (χ3n) is 5.73. The summed E-state index contributed by atoms with van der Waals surface area (Å²) < 4.78 is 17.1. The van der Waals surface area contributed by atoms with Crippen molar-refractivity contribution >= 4 is 45.5 Å². The number of amides is 1. The zero-order valence-corrected chi connectivity index (χ0v) is 22.3. The molecule has 3 aromatic rings. The fraction of sp³-hybridized carbons (Fsp3) is 0.233. The van der Waals surface area contributed by atoms with Gasteiger partial charge in [0.05, 0.1) is 18.1 Å². The van der Waals surface area contributed by atoms with Crippen LogP contribution in [0.5, 0.6) is 11.5 Å². The molecule has 3 aromatic carbocycles. The van der Waals surface area contributed by atoms with Crippen LogP contribution in [0.1, 0.15) is 38.3 Å². The van der Waals surface area contributed by atoms with Crippen molar-refractivity contribution < 1.29 is 28.9 Å². The number of hydrogen-bond acceptors (Lipinski definition) is 7. The van der Waals surface area contributed by atoms with Crippen LogP contribution in [0.4, 0.5) is 0 Å². The number of hydrogen-bond donors (Lipinski definition) is 1. The highest BCUT2D eigenvalue weighted by molar-refractivity contribution is 8.18. The molecule has 0 fully saturated rings. The fourth-order valence-corrected chi connectivity index (χ4v) is 4.94. The number of carbonyl (C=O) groups is 2. The molecular formula is C30H29NO6S. The molecule has 4 rings (SSSR count). The third-order valence-corrected chi connectivity index (χ3v) is 6.75. The summed E-state index contributed by atoms with van der Waals surface area (Å²) in [5.74, 6) is -0.256. The SMILES string of the molecule is CCOC(=O)C1=C(O)/C(=C/c2ccc(OCc3cccc4ccccc34)c(OCC)c2)SC1=NC(=O)CC. The minimum absolute atomic E-state index is 0.107. The normalized spacial score (nSPS) is 15.3. The Morgan fingerprint density at radius 3 is 2.50 bits per heavy atom. The molecule has 196 valence electrons. The zero-order chi connectivity index (χ0) is 27.1. The Morgan fingerprint density at radius 1 is 0.947 bits per heavy atom. The van der Waals surface area contributed by atoms with Crippen molar-refractivity contribution in [1.82, 2.24) is 0 Å². The lowest BCUT2D eigenvalue weighted by Gasteiger charge is -2.14. The molecule has 1 amide bonds. The first-order chi connectivity index (χ1) is 18.4. The maximum atomic E-state index is 12.5. The molecule has 1 N–H and O–H groups in total. The molecule has 1 aliphatic heterocycles. The molecule has 0 aliphatic carbocycles. The van der Waals surface area contributed by atoms with Gasteiger partial charge in [-0.25, -0.2) is 9.79 Å². The van der Waals surface area contributed by atoms with Gasteiger partial charge in [-0.1, -0.05) is 67.2 Å². The predicted molar refractivity (Wildman–Crippen MR) is 150 cm³/mol. The van der Waals surface area contributed by atoms with Gasteiger partial charge in [0.2, 0.25) is 5.91 Å². The number of carbonyl (C=O) groups excluding carboxylic acids is 2. The van der Waals surface area contributed by atoms with Crippen LogP contribution in [0, 0.1) is 0 Å². The molecular weight excluding hydrogens is 502 g/mol. The van der Waals surface area contributed by atoms with Crippen molar-refractivity contribution in [2.24, 2.45) is 4.99 Å². The molecule has 0 spiro atoms. The largest absolute Gasteiger partial charge is 0.506 e. The molecule has 38 heavy (non-hydrogen) atoms. The van der Waals surface area contributed by atoms with E-state index in [1.807, 2.05) is 43.3 Å². The van der Waals surface area contributed by atoms with Crippen LogP contribution in [0.2, 0.25) is 0 Å². The number of thioether (sulfide) groups is 1. The standard InChI is InChI=1S/C30H29NO6S/c1-4-26(32)31-29-27(30(34)36-6-3)28(33)25(38-29)17-19-14-15-23(24(16-19)35-5-2)37-18-21-12-9-11-20-10-7-8-13-22(20)21/h7-17,33H,4-6,18H2,1-3H3/b25-17-,31-29?. The first-order valence-corrected chi connectivity index (χ1v) is 13.2. The number of nitrogens with zero attached hydrogens (tertiary/aromatic N) is 1. The van der Waals surface area contributed by atoms with Crippen LogP contribution in [0.25, 0.3) is 16.8 Å². The lowest BCUT2D eigenvalue weighted by atomic mass is 10.1. The topological polar surface area (TPSA) is 94.4 Å². The van der Waals surface area contributed by atoms with Crippen molar-refractivity contribution in [1.29, 1.82) is 0 Å². The Balaban J connectivity index is 1.62. The maximum Gasteiger partial charge on any atom is 0.344 e. The monoisotopic (exact) mass is 531 g/mol. The molecule has 0 aromatic heterocycles. The van der Waals surface area contributed by atoms with E-state index in [0.717, 1.165) is 28.1 Å². The minimum Gasteiger partial charge on any atom is -0.506 e. The second-order valence-corrected chi connectivity index (χ2v) is 9.32. The molecule has 1 aliphatic rings. The van der Waals surface area contributed by atoms with Crippen LogP contribution < -0.4 is 9.47 Å². The number of aliphatic hydroxyl groups is 1. The maximum absolute atomic E-state index is 12.5. The van der Waals surface area contributed by atoms with Gasteiger partial charge in [-0.05, 0) is 54.0 Å². The molecule has 1 heterocycles. The van der Waals surface area contributed by atoms with E-state index in [-0.39, 0.29) is 29.4 Å². The molecule has 0 saturated carbocycles. The van der Waals surface area contributed by atoms with Gasteiger partial charge in [0.1, 0.15) is 23.0 Å². The smallest absolute Gasteiger partial charge is 0.344 e. The van der Waals surface area contributed by atoms with E-state index < -0.39 is 11.9 Å². The van der Waals surface area contributed by atoms with Crippen LogP contribution >= 0.6 is 11.8 Å². The highest BCUT2D eigenvalue weighted by Crippen LogP contribution is 2.40. The van der Waals surface area contributed by atoms with Gasteiger partial charge in [0.15, 0.2) is 11.5 Å². The molecule has 7 nitrogen and oxygen atoms in total. The summed E-state index contributed by atoms with van der Waals surface area (Å²) in [6.45, 7) is 6.17. The second kappa shape index (κ2) is 12.5. The summed E-state index contributed by atoms with van der Waals surface area (Å²) in [5.41, 5.74) is 1.67. The number of fused-ring (bicyclic) bond motifs is 1.